The van der Waals surface area contributed by atoms with Gasteiger partial charge in [-0.25, -0.2) is 25.9 Å². The summed E-state index contributed by atoms with van der Waals surface area (Å²) in [5.41, 5.74) is -0.131. The highest BCUT2D eigenvalue weighted by atomic mass is 32.2. The average molecular weight is 414 g/mol. The molecule has 0 fully saturated rings. The van der Waals surface area contributed by atoms with Crippen LogP contribution in [0.25, 0.3) is 0 Å². The van der Waals surface area contributed by atoms with Crippen LogP contribution in [0.4, 0.5) is 5.69 Å². The summed E-state index contributed by atoms with van der Waals surface area (Å²) in [6.07, 6.45) is 0. The molecule has 0 saturated heterocycles. The third-order valence-electron chi connectivity index (χ3n) is 3.58. The number of carbonyl (C=O) groups is 1. The molecule has 0 atom stereocenters. The second kappa shape index (κ2) is 7.55. The third kappa shape index (κ3) is 4.38. The summed E-state index contributed by atoms with van der Waals surface area (Å²) >= 11 is 0. The first-order valence-corrected chi connectivity index (χ1v) is 10.4. The minimum absolute atomic E-state index is 0.165. The number of methoxy groups -OCH3 is 1. The predicted octanol–water partition coefficient (Wildman–Crippen LogP) is 1.23. The van der Waals surface area contributed by atoms with E-state index >= 15 is 0 Å². The Labute approximate surface area is 157 Å². The zero-order valence-corrected chi connectivity index (χ0v) is 16.3. The molecule has 146 valence electrons. The molecule has 0 aromatic heterocycles. The van der Waals surface area contributed by atoms with Gasteiger partial charge in [-0.15, -0.1) is 0 Å². The number of nitrogens with one attached hydrogen (secondary N) is 1. The number of benzene rings is 2. The quantitative estimate of drug-likeness (QED) is 0.537. The summed E-state index contributed by atoms with van der Waals surface area (Å²) in [7, 11) is -4.10. The molecule has 9 nitrogen and oxygen atoms in total. The Morgan fingerprint density at radius 3 is 2.07 bits per heavy atom. The van der Waals surface area contributed by atoms with Crippen LogP contribution >= 0.6 is 0 Å². The fourth-order valence-electron chi connectivity index (χ4n) is 2.06. The highest BCUT2D eigenvalue weighted by Crippen LogP contribution is 2.29. The number of carbonyl (C=O) groups excluding carboxylic acids is 1. The molecule has 0 amide bonds. The van der Waals surface area contributed by atoms with Crippen molar-refractivity contribution in [2.75, 3.05) is 25.9 Å². The van der Waals surface area contributed by atoms with Gasteiger partial charge in [0.25, 0.3) is 10.0 Å². The Balaban J connectivity index is 2.39. The van der Waals surface area contributed by atoms with Crippen molar-refractivity contribution in [2.45, 2.75) is 9.79 Å². The number of sulfonamides is 2. The summed E-state index contributed by atoms with van der Waals surface area (Å²) in [6, 6.07) is 8.17. The van der Waals surface area contributed by atoms with Crippen LogP contribution < -0.4 is 4.72 Å². The van der Waals surface area contributed by atoms with E-state index in [9.17, 15) is 26.7 Å². The molecule has 0 aliphatic rings. The van der Waals surface area contributed by atoms with E-state index < -0.39 is 31.8 Å². The maximum atomic E-state index is 12.5. The van der Waals surface area contributed by atoms with Gasteiger partial charge in [0.15, 0.2) is 0 Å². The molecule has 2 rings (SSSR count). The van der Waals surface area contributed by atoms with Crippen LogP contribution in [-0.4, -0.2) is 53.4 Å². The highest BCUT2D eigenvalue weighted by molar-refractivity contribution is 7.92. The molecular formula is C16H18N2O7S2. The van der Waals surface area contributed by atoms with Crippen molar-refractivity contribution in [3.63, 3.8) is 0 Å². The number of ether oxygens (including phenoxy) is 1. The van der Waals surface area contributed by atoms with Gasteiger partial charge >= 0.3 is 5.97 Å². The van der Waals surface area contributed by atoms with Crippen molar-refractivity contribution in [3.8, 4) is 5.75 Å². The van der Waals surface area contributed by atoms with E-state index in [1.807, 2.05) is 0 Å². The lowest BCUT2D eigenvalue weighted by atomic mass is 10.2. The van der Waals surface area contributed by atoms with E-state index in [0.29, 0.717) is 0 Å². The lowest BCUT2D eigenvalue weighted by Crippen LogP contribution is -2.22. The fourth-order valence-corrected chi connectivity index (χ4v) is 4.05. The van der Waals surface area contributed by atoms with Crippen molar-refractivity contribution in [2.24, 2.45) is 0 Å². The molecular weight excluding hydrogens is 396 g/mol. The SMILES string of the molecule is COC(=O)c1ccc(S(=O)(=O)Nc2cc(S(=O)(=O)N(C)C)ccc2O)cc1. The fraction of sp³-hybridized carbons (Fsp3) is 0.188. The lowest BCUT2D eigenvalue weighted by Gasteiger charge is -2.14. The number of hydrogen-bond donors (Lipinski definition) is 2. The molecule has 0 aliphatic carbocycles. The van der Waals surface area contributed by atoms with Crippen LogP contribution in [0.5, 0.6) is 5.75 Å². The van der Waals surface area contributed by atoms with Crippen LogP contribution in [0.3, 0.4) is 0 Å². The molecule has 2 aromatic carbocycles. The molecule has 2 N–H and O–H groups in total. The third-order valence-corrected chi connectivity index (χ3v) is 6.77. The van der Waals surface area contributed by atoms with Crippen LogP contribution in [0.2, 0.25) is 0 Å². The second-order valence-electron chi connectivity index (χ2n) is 5.59. The minimum Gasteiger partial charge on any atom is -0.506 e. The van der Waals surface area contributed by atoms with Gasteiger partial charge in [-0.2, -0.15) is 0 Å². The van der Waals surface area contributed by atoms with Gasteiger partial charge < -0.3 is 9.84 Å². The maximum absolute atomic E-state index is 12.5. The smallest absolute Gasteiger partial charge is 0.337 e. The number of phenolic OH excluding ortho intramolecular Hbond substituents is 1. The van der Waals surface area contributed by atoms with E-state index in [0.717, 1.165) is 22.5 Å². The van der Waals surface area contributed by atoms with Gasteiger partial charge in [-0.1, -0.05) is 0 Å². The van der Waals surface area contributed by atoms with Crippen LogP contribution in [0, 0.1) is 0 Å². The molecule has 0 unspecified atom stereocenters. The van der Waals surface area contributed by atoms with Gasteiger partial charge in [0.1, 0.15) is 5.75 Å². The van der Waals surface area contributed by atoms with Crippen LogP contribution in [-0.2, 0) is 24.8 Å². The Hall–Kier alpha value is -2.63. The topological polar surface area (TPSA) is 130 Å². The number of phenols is 1. The summed E-state index contributed by atoms with van der Waals surface area (Å²) < 4.78 is 57.0. The minimum atomic E-state index is -4.14. The molecule has 0 saturated carbocycles. The Morgan fingerprint density at radius 1 is 1.00 bits per heavy atom. The van der Waals surface area contributed by atoms with Gasteiger partial charge in [0.2, 0.25) is 10.0 Å². The molecule has 0 radical (unpaired) electrons. The molecule has 11 heteroatoms. The molecule has 0 bridgehead atoms. The zero-order chi connectivity index (χ0) is 20.4. The predicted molar refractivity (Wildman–Crippen MR) is 97.6 cm³/mol. The molecule has 2 aromatic rings. The number of aromatic hydroxyl groups is 1. The molecule has 0 heterocycles. The van der Waals surface area contributed by atoms with Gasteiger partial charge in [-0.3, -0.25) is 4.72 Å². The first-order chi connectivity index (χ1) is 12.5. The zero-order valence-electron chi connectivity index (χ0n) is 14.7. The van der Waals surface area contributed by atoms with Crippen molar-refractivity contribution in [1.82, 2.24) is 4.31 Å². The molecule has 0 aliphatic heterocycles. The van der Waals surface area contributed by atoms with E-state index in [-0.39, 0.29) is 21.0 Å². The average Bonchev–Trinajstić information content (AvgIpc) is 2.62. The van der Waals surface area contributed by atoms with Gasteiger partial charge in [-0.05, 0) is 42.5 Å². The number of esters is 1. The van der Waals surface area contributed by atoms with Gasteiger partial charge in [0, 0.05) is 14.1 Å². The lowest BCUT2D eigenvalue weighted by molar-refractivity contribution is 0.0600. The van der Waals surface area contributed by atoms with Crippen molar-refractivity contribution in [3.05, 3.63) is 48.0 Å². The Kier molecular flexibility index (Phi) is 5.78. The largest absolute Gasteiger partial charge is 0.506 e. The number of hydrogen-bond acceptors (Lipinski definition) is 7. The monoisotopic (exact) mass is 414 g/mol. The Morgan fingerprint density at radius 2 is 1.56 bits per heavy atom. The number of rotatable bonds is 6. The maximum Gasteiger partial charge on any atom is 0.337 e. The highest BCUT2D eigenvalue weighted by Gasteiger charge is 2.22. The first kappa shape index (κ1) is 20.7. The van der Waals surface area contributed by atoms with Crippen molar-refractivity contribution >= 4 is 31.7 Å². The van der Waals surface area contributed by atoms with E-state index in [1.165, 1.54) is 45.5 Å². The van der Waals surface area contributed by atoms with Crippen LogP contribution in [0.1, 0.15) is 10.4 Å². The normalized spacial score (nSPS) is 12.0. The van der Waals surface area contributed by atoms with Gasteiger partial charge in [0.05, 0.1) is 28.2 Å². The summed E-state index contributed by atoms with van der Waals surface area (Å²) in [5, 5.41) is 9.90. The van der Waals surface area contributed by atoms with E-state index in [4.69, 9.17) is 0 Å². The van der Waals surface area contributed by atoms with Crippen molar-refractivity contribution in [1.29, 1.82) is 0 Å². The first-order valence-electron chi connectivity index (χ1n) is 7.46. The van der Waals surface area contributed by atoms with Crippen molar-refractivity contribution < 1.29 is 31.5 Å². The molecule has 27 heavy (non-hydrogen) atoms. The summed E-state index contributed by atoms with van der Waals surface area (Å²) in [6.45, 7) is 0. The van der Waals surface area contributed by atoms with E-state index in [2.05, 4.69) is 9.46 Å². The second-order valence-corrected chi connectivity index (χ2v) is 9.42. The molecule has 0 spiro atoms. The van der Waals surface area contributed by atoms with E-state index in [1.54, 1.807) is 0 Å². The summed E-state index contributed by atoms with van der Waals surface area (Å²) in [5.74, 6) is -1.06. The number of nitrogens with zero attached hydrogens (tertiary/aromatic N) is 1. The summed E-state index contributed by atoms with van der Waals surface area (Å²) in [4.78, 5) is 11.0. The van der Waals surface area contributed by atoms with Crippen LogP contribution in [0.15, 0.2) is 52.3 Å². The standard InChI is InChI=1S/C16H18N2O7S2/c1-18(2)27(23,24)13-8-9-15(19)14(10-13)17-26(21,22)12-6-4-11(5-7-12)16(20)25-3/h4-10,17,19H,1-3H3. The number of anilines is 1. The Bertz CT molecular complexity index is 1060.